The maximum atomic E-state index is 5.66. The fourth-order valence-electron chi connectivity index (χ4n) is 3.76. The number of hydrogen-bond acceptors (Lipinski definition) is 3. The van der Waals surface area contributed by atoms with E-state index in [0.29, 0.717) is 13.2 Å². The number of aromatic nitrogens is 3. The molecule has 0 bridgehead atoms. The van der Waals surface area contributed by atoms with Crippen LogP contribution in [0, 0.1) is 5.92 Å². The molecule has 0 aliphatic heterocycles. The van der Waals surface area contributed by atoms with Gasteiger partial charge in [-0.15, -0.1) is 0 Å². The molecule has 4 heteroatoms. The highest BCUT2D eigenvalue weighted by molar-refractivity contribution is 6.02. The molecule has 0 spiro atoms. The molecule has 1 saturated carbocycles. The van der Waals surface area contributed by atoms with Crippen molar-refractivity contribution in [1.82, 2.24) is 14.5 Å². The van der Waals surface area contributed by atoms with Gasteiger partial charge < -0.3 is 9.30 Å². The lowest BCUT2D eigenvalue weighted by Gasteiger charge is -2.15. The summed E-state index contributed by atoms with van der Waals surface area (Å²) in [7, 11) is 0. The molecule has 1 fully saturated rings. The zero-order valence-electron chi connectivity index (χ0n) is 13.7. The number of rotatable bonds is 5. The lowest BCUT2D eigenvalue weighted by atomic mass is 10.1. The molecule has 0 N–H and O–H groups in total. The smallest absolute Gasteiger partial charge is 0.136 e. The van der Waals surface area contributed by atoms with Gasteiger partial charge in [0.1, 0.15) is 17.9 Å². The molecule has 0 saturated heterocycles. The largest absolute Gasteiger partial charge is 0.374 e. The van der Waals surface area contributed by atoms with E-state index >= 15 is 0 Å². The van der Waals surface area contributed by atoms with Crippen LogP contribution in [-0.4, -0.2) is 21.1 Å². The molecule has 0 unspecified atom stereocenters. The van der Waals surface area contributed by atoms with Gasteiger partial charge in [-0.05, 0) is 31.7 Å². The van der Waals surface area contributed by atoms with E-state index < -0.39 is 0 Å². The van der Waals surface area contributed by atoms with Crippen molar-refractivity contribution < 1.29 is 4.74 Å². The van der Waals surface area contributed by atoms with Crippen LogP contribution in [-0.2, 0) is 17.9 Å². The van der Waals surface area contributed by atoms with Crippen LogP contribution in [0.1, 0.15) is 38.4 Å². The number of ether oxygens (including phenoxy) is 1. The van der Waals surface area contributed by atoms with Crippen LogP contribution >= 0.6 is 0 Å². The van der Waals surface area contributed by atoms with Crippen molar-refractivity contribution in [3.05, 3.63) is 36.3 Å². The molecule has 2 heterocycles. The van der Waals surface area contributed by atoms with Gasteiger partial charge in [-0.25, -0.2) is 4.98 Å². The summed E-state index contributed by atoms with van der Waals surface area (Å²) in [6.45, 7) is 4.37. The van der Waals surface area contributed by atoms with Gasteiger partial charge in [0.05, 0.1) is 17.2 Å². The molecule has 4 nitrogen and oxygen atoms in total. The van der Waals surface area contributed by atoms with E-state index in [-0.39, 0.29) is 0 Å². The lowest BCUT2D eigenvalue weighted by Crippen LogP contribution is -2.12. The zero-order chi connectivity index (χ0) is 15.6. The summed E-state index contributed by atoms with van der Waals surface area (Å²) in [5.74, 6) is 1.80. The highest BCUT2D eigenvalue weighted by Gasteiger charge is 2.20. The molecule has 1 aromatic carbocycles. The van der Waals surface area contributed by atoms with E-state index in [2.05, 4.69) is 27.8 Å². The fraction of sp³-hybridized carbons (Fsp3) is 0.474. The topological polar surface area (TPSA) is 39.9 Å². The van der Waals surface area contributed by atoms with Crippen molar-refractivity contribution in [2.45, 2.75) is 45.8 Å². The SMILES string of the molecule is CCOCc1nc2cnc3ccccc3c2n1CC1CCCC1. The summed E-state index contributed by atoms with van der Waals surface area (Å²) >= 11 is 0. The molecule has 2 aromatic heterocycles. The Balaban J connectivity index is 1.87. The summed E-state index contributed by atoms with van der Waals surface area (Å²) in [6, 6.07) is 8.35. The molecular weight excluding hydrogens is 286 g/mol. The molecule has 1 aliphatic rings. The monoisotopic (exact) mass is 309 g/mol. The Labute approximate surface area is 136 Å². The van der Waals surface area contributed by atoms with Gasteiger partial charge in [0.25, 0.3) is 0 Å². The third-order valence-corrected chi connectivity index (χ3v) is 4.91. The minimum absolute atomic E-state index is 0.576. The molecule has 23 heavy (non-hydrogen) atoms. The third kappa shape index (κ3) is 2.72. The van der Waals surface area contributed by atoms with Crippen LogP contribution in [0.3, 0.4) is 0 Å². The molecule has 0 atom stereocenters. The average molecular weight is 309 g/mol. The summed E-state index contributed by atoms with van der Waals surface area (Å²) in [6.07, 6.45) is 7.28. The predicted octanol–water partition coefficient (Wildman–Crippen LogP) is 4.31. The number of nitrogens with zero attached hydrogens (tertiary/aromatic N) is 3. The third-order valence-electron chi connectivity index (χ3n) is 4.91. The Morgan fingerprint density at radius 3 is 2.83 bits per heavy atom. The van der Waals surface area contributed by atoms with Crippen molar-refractivity contribution >= 4 is 21.9 Å². The fourth-order valence-corrected chi connectivity index (χ4v) is 3.76. The Morgan fingerprint density at radius 2 is 2.00 bits per heavy atom. The first-order chi connectivity index (χ1) is 11.4. The predicted molar refractivity (Wildman–Crippen MR) is 92.3 cm³/mol. The Hall–Kier alpha value is -1.94. The molecule has 1 aliphatic carbocycles. The van der Waals surface area contributed by atoms with E-state index in [1.165, 1.54) is 36.6 Å². The molecule has 120 valence electrons. The maximum Gasteiger partial charge on any atom is 0.136 e. The van der Waals surface area contributed by atoms with Crippen LogP contribution in [0.15, 0.2) is 30.5 Å². The van der Waals surface area contributed by atoms with Crippen LogP contribution in [0.5, 0.6) is 0 Å². The first-order valence-electron chi connectivity index (χ1n) is 8.67. The molecule has 3 aromatic rings. The van der Waals surface area contributed by atoms with Crippen LogP contribution in [0.2, 0.25) is 0 Å². The zero-order valence-corrected chi connectivity index (χ0v) is 13.7. The second-order valence-corrected chi connectivity index (χ2v) is 6.44. The van der Waals surface area contributed by atoms with Gasteiger partial charge >= 0.3 is 0 Å². The number of fused-ring (bicyclic) bond motifs is 3. The second-order valence-electron chi connectivity index (χ2n) is 6.44. The van der Waals surface area contributed by atoms with E-state index in [1.807, 2.05) is 19.2 Å². The van der Waals surface area contributed by atoms with Gasteiger partial charge in [0.15, 0.2) is 0 Å². The average Bonchev–Trinajstić information content (AvgIpc) is 3.21. The maximum absolute atomic E-state index is 5.66. The van der Waals surface area contributed by atoms with E-state index in [4.69, 9.17) is 9.72 Å². The quantitative estimate of drug-likeness (QED) is 0.705. The van der Waals surface area contributed by atoms with Gasteiger partial charge in [-0.3, -0.25) is 4.98 Å². The minimum Gasteiger partial charge on any atom is -0.374 e. The van der Waals surface area contributed by atoms with Crippen molar-refractivity contribution in [1.29, 1.82) is 0 Å². The van der Waals surface area contributed by atoms with Crippen LogP contribution in [0.25, 0.3) is 21.9 Å². The number of benzene rings is 1. The number of imidazole rings is 1. The van der Waals surface area contributed by atoms with Gasteiger partial charge in [-0.1, -0.05) is 31.0 Å². The van der Waals surface area contributed by atoms with Crippen LogP contribution < -0.4 is 0 Å². The number of hydrogen-bond donors (Lipinski definition) is 0. The van der Waals surface area contributed by atoms with E-state index in [1.54, 1.807) is 0 Å². The lowest BCUT2D eigenvalue weighted by molar-refractivity contribution is 0.125. The Bertz CT molecular complexity index is 818. The van der Waals surface area contributed by atoms with E-state index in [9.17, 15) is 0 Å². The Kier molecular flexibility index (Phi) is 4.00. The summed E-state index contributed by atoms with van der Waals surface area (Å²) in [5, 5.41) is 1.19. The number of para-hydroxylation sites is 1. The van der Waals surface area contributed by atoms with E-state index in [0.717, 1.165) is 29.3 Å². The molecule has 0 radical (unpaired) electrons. The summed E-state index contributed by atoms with van der Waals surface area (Å²) in [4.78, 5) is 9.38. The Morgan fingerprint density at radius 1 is 1.17 bits per heavy atom. The standard InChI is InChI=1S/C19H23N3O/c1-2-23-13-18-21-17-11-20-16-10-6-5-9-15(16)19(17)22(18)12-14-7-3-4-8-14/h5-6,9-11,14H,2-4,7-8,12-13H2,1H3. The first kappa shape index (κ1) is 14.6. The van der Waals surface area contributed by atoms with Crippen molar-refractivity contribution in [3.8, 4) is 0 Å². The second kappa shape index (κ2) is 6.28. The normalized spacial score (nSPS) is 15.9. The minimum atomic E-state index is 0.576. The van der Waals surface area contributed by atoms with Gasteiger partial charge in [-0.2, -0.15) is 0 Å². The first-order valence-corrected chi connectivity index (χ1v) is 8.67. The van der Waals surface area contributed by atoms with Crippen LogP contribution in [0.4, 0.5) is 0 Å². The molecule has 0 amide bonds. The van der Waals surface area contributed by atoms with Crippen molar-refractivity contribution in [2.75, 3.05) is 6.61 Å². The van der Waals surface area contributed by atoms with Gasteiger partial charge in [0.2, 0.25) is 0 Å². The van der Waals surface area contributed by atoms with Crippen molar-refractivity contribution in [3.63, 3.8) is 0 Å². The molecular formula is C19H23N3O. The molecule has 4 rings (SSSR count). The summed E-state index contributed by atoms with van der Waals surface area (Å²) in [5.41, 5.74) is 3.24. The van der Waals surface area contributed by atoms with Crippen molar-refractivity contribution in [2.24, 2.45) is 5.92 Å². The highest BCUT2D eigenvalue weighted by Crippen LogP contribution is 2.30. The van der Waals surface area contributed by atoms with Gasteiger partial charge in [0, 0.05) is 18.5 Å². The highest BCUT2D eigenvalue weighted by atomic mass is 16.5. The number of pyridine rings is 1. The summed E-state index contributed by atoms with van der Waals surface area (Å²) < 4.78 is 8.06.